The van der Waals surface area contributed by atoms with Crippen LogP contribution in [0.5, 0.6) is 0 Å². The Balaban J connectivity index is 1.68. The molecular weight excluding hydrogens is 347 g/mol. The molecule has 0 bridgehead atoms. The average molecular weight is 367 g/mol. The molecular formula is C17H20Cl2N4O. The van der Waals surface area contributed by atoms with Gasteiger partial charge in [0.15, 0.2) is 0 Å². The highest BCUT2D eigenvalue weighted by Crippen LogP contribution is 2.36. The van der Waals surface area contributed by atoms with Crippen molar-refractivity contribution in [1.82, 2.24) is 16.2 Å². The van der Waals surface area contributed by atoms with Gasteiger partial charge < -0.3 is 11.1 Å². The van der Waals surface area contributed by atoms with Gasteiger partial charge in [0.25, 0.3) is 0 Å². The molecule has 1 aromatic carbocycles. The van der Waals surface area contributed by atoms with E-state index in [0.717, 1.165) is 17.7 Å². The van der Waals surface area contributed by atoms with Gasteiger partial charge in [-0.05, 0) is 23.3 Å². The summed E-state index contributed by atoms with van der Waals surface area (Å²) in [5.41, 5.74) is 14.0. The number of allylic oxidation sites excluding steroid dienone is 2. The Morgan fingerprint density at radius 2 is 2.12 bits per heavy atom. The maximum Gasteiger partial charge on any atom is 0.218 e. The minimum absolute atomic E-state index is 0.136. The molecule has 2 aliphatic rings. The second-order valence-corrected chi connectivity index (χ2v) is 6.85. The number of hydrazine groups is 1. The minimum atomic E-state index is -0.293. The van der Waals surface area contributed by atoms with Crippen LogP contribution in [0.25, 0.3) is 5.57 Å². The molecule has 0 spiro atoms. The number of hydrogen-bond acceptors (Lipinski definition) is 4. The number of rotatable bonds is 6. The van der Waals surface area contributed by atoms with E-state index in [1.165, 1.54) is 0 Å². The van der Waals surface area contributed by atoms with Crippen LogP contribution in [-0.2, 0) is 4.79 Å². The number of halogens is 2. The number of benzene rings is 1. The zero-order valence-electron chi connectivity index (χ0n) is 13.1. The van der Waals surface area contributed by atoms with Crippen molar-refractivity contribution in [2.45, 2.75) is 18.5 Å². The van der Waals surface area contributed by atoms with Gasteiger partial charge in [-0.15, -0.1) is 0 Å². The average Bonchev–Trinajstić information content (AvgIpc) is 2.95. The molecule has 24 heavy (non-hydrogen) atoms. The maximum absolute atomic E-state index is 10.8. The highest BCUT2D eigenvalue weighted by Gasteiger charge is 2.37. The molecule has 1 amide bonds. The minimum Gasteiger partial charge on any atom is -0.370 e. The van der Waals surface area contributed by atoms with Crippen molar-refractivity contribution in [1.29, 1.82) is 0 Å². The number of fused-ring (bicyclic) bond motifs is 1. The molecule has 0 radical (unpaired) electrons. The molecule has 5 nitrogen and oxygen atoms in total. The Hall–Kier alpha value is -1.37. The van der Waals surface area contributed by atoms with Crippen molar-refractivity contribution in [3.8, 4) is 0 Å². The van der Waals surface area contributed by atoms with Crippen molar-refractivity contribution in [2.75, 3.05) is 13.1 Å². The van der Waals surface area contributed by atoms with Crippen LogP contribution in [0.15, 0.2) is 36.4 Å². The van der Waals surface area contributed by atoms with Crippen molar-refractivity contribution in [3.05, 3.63) is 52.0 Å². The number of nitrogens with two attached hydrogens (primary N) is 1. The van der Waals surface area contributed by atoms with Gasteiger partial charge in [-0.25, -0.2) is 5.43 Å². The van der Waals surface area contributed by atoms with Crippen molar-refractivity contribution >= 4 is 34.7 Å². The maximum atomic E-state index is 10.8. The second-order valence-electron chi connectivity index (χ2n) is 6.00. The third-order valence-electron chi connectivity index (χ3n) is 4.37. The summed E-state index contributed by atoms with van der Waals surface area (Å²) in [5, 5.41) is 4.54. The van der Waals surface area contributed by atoms with E-state index in [1.807, 2.05) is 12.1 Å². The zero-order valence-corrected chi connectivity index (χ0v) is 14.6. The largest absolute Gasteiger partial charge is 0.370 e. The number of carbonyl (C=O) groups is 1. The summed E-state index contributed by atoms with van der Waals surface area (Å²) in [6.45, 7) is 1.33. The predicted molar refractivity (Wildman–Crippen MR) is 97.6 cm³/mol. The number of primary amides is 1. The Morgan fingerprint density at radius 3 is 2.88 bits per heavy atom. The van der Waals surface area contributed by atoms with Crippen LogP contribution in [0.4, 0.5) is 0 Å². The third-order valence-corrected chi connectivity index (χ3v) is 4.92. The van der Waals surface area contributed by atoms with E-state index in [9.17, 15) is 4.79 Å². The van der Waals surface area contributed by atoms with Crippen molar-refractivity contribution in [2.24, 2.45) is 11.7 Å². The van der Waals surface area contributed by atoms with Gasteiger partial charge in [-0.2, -0.15) is 0 Å². The first-order valence-electron chi connectivity index (χ1n) is 7.90. The lowest BCUT2D eigenvalue weighted by Gasteiger charge is -2.25. The molecule has 5 N–H and O–H groups in total. The molecule has 7 heteroatoms. The van der Waals surface area contributed by atoms with E-state index in [2.05, 4.69) is 34.4 Å². The van der Waals surface area contributed by atoms with Crippen LogP contribution in [0.1, 0.15) is 12.0 Å². The summed E-state index contributed by atoms with van der Waals surface area (Å²) in [5.74, 6) is -0.00383. The van der Waals surface area contributed by atoms with E-state index < -0.39 is 0 Å². The Morgan fingerprint density at radius 1 is 1.29 bits per heavy atom. The van der Waals surface area contributed by atoms with Gasteiger partial charge in [-0.3, -0.25) is 10.2 Å². The highest BCUT2D eigenvalue weighted by atomic mass is 35.5. The lowest BCUT2D eigenvalue weighted by Crippen LogP contribution is -2.40. The Kier molecular flexibility index (Phi) is 5.58. The van der Waals surface area contributed by atoms with E-state index in [4.69, 9.17) is 28.9 Å². The van der Waals surface area contributed by atoms with Gasteiger partial charge in [-0.1, -0.05) is 47.5 Å². The monoisotopic (exact) mass is 366 g/mol. The normalized spacial score (nSPS) is 25.4. The molecule has 1 fully saturated rings. The van der Waals surface area contributed by atoms with Gasteiger partial charge in [0, 0.05) is 41.5 Å². The molecule has 128 valence electrons. The molecule has 0 saturated carbocycles. The van der Waals surface area contributed by atoms with E-state index in [-0.39, 0.29) is 23.9 Å². The number of hydrogen-bond donors (Lipinski definition) is 4. The highest BCUT2D eigenvalue weighted by molar-refractivity contribution is 6.35. The third kappa shape index (κ3) is 3.82. The molecule has 0 aromatic heterocycles. The quantitative estimate of drug-likeness (QED) is 0.579. The summed E-state index contributed by atoms with van der Waals surface area (Å²) < 4.78 is 0. The summed E-state index contributed by atoms with van der Waals surface area (Å²) in [4.78, 5) is 10.8. The fourth-order valence-electron chi connectivity index (χ4n) is 3.18. The van der Waals surface area contributed by atoms with Crippen molar-refractivity contribution < 1.29 is 4.79 Å². The van der Waals surface area contributed by atoms with Crippen LogP contribution in [0.3, 0.4) is 0 Å². The fourth-order valence-corrected chi connectivity index (χ4v) is 3.70. The fraction of sp³-hybridized carbons (Fsp3) is 0.353. The topological polar surface area (TPSA) is 79.2 Å². The Bertz CT molecular complexity index is 689. The van der Waals surface area contributed by atoms with E-state index in [1.54, 1.807) is 6.07 Å². The first kappa shape index (κ1) is 17.5. The Labute approximate surface area is 151 Å². The van der Waals surface area contributed by atoms with Gasteiger partial charge in [0.2, 0.25) is 5.91 Å². The van der Waals surface area contributed by atoms with E-state index in [0.29, 0.717) is 23.0 Å². The number of carbonyl (C=O) groups excluding carboxylic acids is 1. The summed E-state index contributed by atoms with van der Waals surface area (Å²) in [6.07, 6.45) is 6.67. The van der Waals surface area contributed by atoms with Crippen LogP contribution in [-0.4, -0.2) is 31.1 Å². The summed E-state index contributed by atoms with van der Waals surface area (Å²) in [6, 6.07) is 5.91. The summed E-state index contributed by atoms with van der Waals surface area (Å²) >= 11 is 12.4. The number of nitrogens with one attached hydrogen (secondary N) is 3. The molecule has 1 saturated heterocycles. The lowest BCUT2D eigenvalue weighted by molar-refractivity contribution is -0.117. The van der Waals surface area contributed by atoms with Crippen LogP contribution in [0, 0.1) is 5.92 Å². The zero-order chi connectivity index (χ0) is 17.1. The first-order valence-corrected chi connectivity index (χ1v) is 8.66. The molecule has 1 heterocycles. The van der Waals surface area contributed by atoms with Gasteiger partial charge >= 0.3 is 0 Å². The van der Waals surface area contributed by atoms with Crippen LogP contribution < -0.4 is 21.9 Å². The van der Waals surface area contributed by atoms with Crippen LogP contribution >= 0.6 is 23.2 Å². The number of amides is 1. The molecule has 1 aromatic rings. The SMILES string of the molecule is NC(=O)CCNCC1NNC2C(c3ccc(Cl)cc3Cl)=CC=CC12. The lowest BCUT2D eigenvalue weighted by atomic mass is 9.82. The van der Waals surface area contributed by atoms with Crippen molar-refractivity contribution in [3.63, 3.8) is 0 Å². The van der Waals surface area contributed by atoms with Gasteiger partial charge in [0.05, 0.1) is 6.04 Å². The molecule has 1 aliphatic heterocycles. The predicted octanol–water partition coefficient (Wildman–Crippen LogP) is 1.87. The summed E-state index contributed by atoms with van der Waals surface area (Å²) in [7, 11) is 0. The standard InChI is InChI=1S/C17H20Cl2N4O/c18-10-4-5-11(14(19)8-10)12-2-1-3-13-15(22-23-17(12)13)9-21-7-6-16(20)24/h1-5,8,13,15,17,21-23H,6-7,9H2,(H2,20,24). The molecule has 3 atom stereocenters. The molecule has 3 unspecified atom stereocenters. The van der Waals surface area contributed by atoms with E-state index >= 15 is 0 Å². The van der Waals surface area contributed by atoms with Crippen LogP contribution in [0.2, 0.25) is 10.0 Å². The smallest absolute Gasteiger partial charge is 0.218 e. The van der Waals surface area contributed by atoms with Gasteiger partial charge in [0.1, 0.15) is 0 Å². The first-order chi connectivity index (χ1) is 11.6. The molecule has 3 rings (SSSR count). The molecule has 1 aliphatic carbocycles. The second kappa shape index (κ2) is 7.68.